The Balaban J connectivity index is 2.24. The van der Waals surface area contributed by atoms with E-state index in [4.69, 9.17) is 34.8 Å². The fourth-order valence-electron chi connectivity index (χ4n) is 2.41. The molecule has 24 heavy (non-hydrogen) atoms. The maximum absolute atomic E-state index is 9.46. The standard InChI is InChI=1S/C19H11Cl3N2/c1-11-2-4-12(5-3-11)18-9-15(16(10-23)19(22)24-18)14-7-6-13(20)8-17(14)21/h2-9H,1H3. The van der Waals surface area contributed by atoms with Gasteiger partial charge in [-0.25, -0.2) is 4.98 Å². The molecule has 0 amide bonds. The van der Waals surface area contributed by atoms with E-state index in [0.29, 0.717) is 26.9 Å². The van der Waals surface area contributed by atoms with Crippen molar-refractivity contribution >= 4 is 34.8 Å². The van der Waals surface area contributed by atoms with Crippen molar-refractivity contribution in [1.82, 2.24) is 4.98 Å². The summed E-state index contributed by atoms with van der Waals surface area (Å²) in [5, 5.41) is 10.6. The van der Waals surface area contributed by atoms with E-state index in [0.717, 1.165) is 11.1 Å². The average Bonchev–Trinajstić information content (AvgIpc) is 2.55. The van der Waals surface area contributed by atoms with Gasteiger partial charge < -0.3 is 0 Å². The summed E-state index contributed by atoms with van der Waals surface area (Å²) < 4.78 is 0. The van der Waals surface area contributed by atoms with Gasteiger partial charge in [-0.1, -0.05) is 70.7 Å². The van der Waals surface area contributed by atoms with E-state index < -0.39 is 0 Å². The van der Waals surface area contributed by atoms with E-state index in [2.05, 4.69) is 11.1 Å². The Bertz CT molecular complexity index is 958. The molecule has 0 radical (unpaired) electrons. The lowest BCUT2D eigenvalue weighted by molar-refractivity contribution is 1.30. The molecule has 1 aromatic heterocycles. The lowest BCUT2D eigenvalue weighted by Gasteiger charge is -2.11. The number of hydrogen-bond donors (Lipinski definition) is 0. The second-order valence-electron chi connectivity index (χ2n) is 5.32. The van der Waals surface area contributed by atoms with Crippen molar-refractivity contribution in [1.29, 1.82) is 5.26 Å². The lowest BCUT2D eigenvalue weighted by Crippen LogP contribution is -1.94. The molecule has 1 heterocycles. The molecule has 2 aromatic carbocycles. The Morgan fingerprint density at radius 2 is 1.62 bits per heavy atom. The summed E-state index contributed by atoms with van der Waals surface area (Å²) in [5.74, 6) is 0. The van der Waals surface area contributed by atoms with Crippen LogP contribution in [0.15, 0.2) is 48.5 Å². The monoisotopic (exact) mass is 372 g/mol. The summed E-state index contributed by atoms with van der Waals surface area (Å²) in [7, 11) is 0. The van der Waals surface area contributed by atoms with E-state index in [9.17, 15) is 5.26 Å². The molecular weight excluding hydrogens is 363 g/mol. The van der Waals surface area contributed by atoms with Crippen LogP contribution in [0.4, 0.5) is 0 Å². The molecule has 0 N–H and O–H groups in total. The van der Waals surface area contributed by atoms with E-state index in [1.165, 1.54) is 0 Å². The lowest BCUT2D eigenvalue weighted by atomic mass is 9.99. The highest BCUT2D eigenvalue weighted by molar-refractivity contribution is 6.36. The Morgan fingerprint density at radius 3 is 2.25 bits per heavy atom. The first-order valence-electron chi connectivity index (χ1n) is 7.12. The molecule has 0 atom stereocenters. The zero-order chi connectivity index (χ0) is 17.3. The summed E-state index contributed by atoms with van der Waals surface area (Å²) >= 11 is 18.5. The first-order valence-corrected chi connectivity index (χ1v) is 8.26. The Hall–Kier alpha value is -2.05. The molecule has 2 nitrogen and oxygen atoms in total. The van der Waals surface area contributed by atoms with E-state index in [1.54, 1.807) is 18.2 Å². The second-order valence-corrected chi connectivity index (χ2v) is 6.52. The van der Waals surface area contributed by atoms with Crippen molar-refractivity contribution in [2.75, 3.05) is 0 Å². The summed E-state index contributed by atoms with van der Waals surface area (Å²) in [4.78, 5) is 4.35. The predicted molar refractivity (Wildman–Crippen MR) is 99.6 cm³/mol. The Kier molecular flexibility index (Phi) is 4.78. The van der Waals surface area contributed by atoms with Crippen LogP contribution in [0, 0.1) is 18.3 Å². The van der Waals surface area contributed by atoms with Gasteiger partial charge >= 0.3 is 0 Å². The molecule has 0 unspecified atom stereocenters. The third kappa shape index (κ3) is 3.25. The third-order valence-electron chi connectivity index (χ3n) is 3.66. The molecular formula is C19H11Cl3N2. The highest BCUT2D eigenvalue weighted by atomic mass is 35.5. The minimum absolute atomic E-state index is 0.150. The quantitative estimate of drug-likeness (QED) is 0.477. The number of pyridine rings is 1. The number of nitrogens with zero attached hydrogens (tertiary/aromatic N) is 2. The fraction of sp³-hybridized carbons (Fsp3) is 0.0526. The minimum atomic E-state index is 0.150. The van der Waals surface area contributed by atoms with Crippen molar-refractivity contribution in [2.45, 2.75) is 6.92 Å². The summed E-state index contributed by atoms with van der Waals surface area (Å²) in [6.07, 6.45) is 0. The van der Waals surface area contributed by atoms with Crippen LogP contribution in [0.5, 0.6) is 0 Å². The fourth-order valence-corrected chi connectivity index (χ4v) is 3.16. The smallest absolute Gasteiger partial charge is 0.148 e. The van der Waals surface area contributed by atoms with Crippen molar-refractivity contribution in [3.05, 3.63) is 74.9 Å². The van der Waals surface area contributed by atoms with Crippen molar-refractivity contribution < 1.29 is 0 Å². The van der Waals surface area contributed by atoms with Crippen molar-refractivity contribution in [3.8, 4) is 28.5 Å². The predicted octanol–water partition coefficient (Wildman–Crippen LogP) is 6.56. The highest BCUT2D eigenvalue weighted by Crippen LogP contribution is 2.36. The maximum Gasteiger partial charge on any atom is 0.148 e. The van der Waals surface area contributed by atoms with E-state index in [-0.39, 0.29) is 10.7 Å². The van der Waals surface area contributed by atoms with Crippen LogP contribution in [0.2, 0.25) is 15.2 Å². The number of nitriles is 1. The zero-order valence-corrected chi connectivity index (χ0v) is 14.9. The number of rotatable bonds is 2. The number of halogens is 3. The van der Waals surface area contributed by atoms with Crippen molar-refractivity contribution in [3.63, 3.8) is 0 Å². The largest absolute Gasteiger partial charge is 0.235 e. The van der Waals surface area contributed by atoms with Gasteiger partial charge in [-0.05, 0) is 25.1 Å². The molecule has 0 saturated heterocycles. The summed E-state index contributed by atoms with van der Waals surface area (Å²) in [6, 6.07) is 17.0. The van der Waals surface area contributed by atoms with E-state index >= 15 is 0 Å². The van der Waals surface area contributed by atoms with Gasteiger partial charge in [-0.15, -0.1) is 0 Å². The number of hydrogen-bond acceptors (Lipinski definition) is 2. The molecule has 5 heteroatoms. The van der Waals surface area contributed by atoms with Gasteiger partial charge in [0.2, 0.25) is 0 Å². The van der Waals surface area contributed by atoms with E-state index in [1.807, 2.05) is 37.3 Å². The van der Waals surface area contributed by atoms with Crippen LogP contribution < -0.4 is 0 Å². The molecule has 0 aliphatic carbocycles. The maximum atomic E-state index is 9.46. The Morgan fingerprint density at radius 1 is 0.917 bits per heavy atom. The first kappa shape index (κ1) is 16.8. The molecule has 0 fully saturated rings. The SMILES string of the molecule is Cc1ccc(-c2cc(-c3ccc(Cl)cc3Cl)c(C#N)c(Cl)n2)cc1. The van der Waals surface area contributed by atoms with Crippen LogP contribution in [0.3, 0.4) is 0 Å². The van der Waals surface area contributed by atoms with Crippen LogP contribution in [-0.2, 0) is 0 Å². The number of benzene rings is 2. The highest BCUT2D eigenvalue weighted by Gasteiger charge is 2.16. The van der Waals surface area contributed by atoms with Crippen LogP contribution in [-0.4, -0.2) is 4.98 Å². The second kappa shape index (κ2) is 6.83. The van der Waals surface area contributed by atoms with Gasteiger partial charge in [0.05, 0.1) is 11.3 Å². The molecule has 0 aliphatic heterocycles. The van der Waals surface area contributed by atoms with Gasteiger partial charge in [0, 0.05) is 26.7 Å². The van der Waals surface area contributed by atoms with Crippen molar-refractivity contribution in [2.24, 2.45) is 0 Å². The topological polar surface area (TPSA) is 36.7 Å². The first-order chi connectivity index (χ1) is 11.5. The number of aromatic nitrogens is 1. The van der Waals surface area contributed by atoms with Crippen LogP contribution in [0.25, 0.3) is 22.4 Å². The van der Waals surface area contributed by atoms with Gasteiger partial charge in [0.1, 0.15) is 11.2 Å². The minimum Gasteiger partial charge on any atom is -0.235 e. The van der Waals surface area contributed by atoms with Gasteiger partial charge in [-0.3, -0.25) is 0 Å². The van der Waals surface area contributed by atoms with Crippen LogP contribution in [0.1, 0.15) is 11.1 Å². The molecule has 0 saturated carbocycles. The molecule has 3 aromatic rings. The molecule has 0 spiro atoms. The normalized spacial score (nSPS) is 10.5. The molecule has 0 bridgehead atoms. The molecule has 0 aliphatic rings. The molecule has 3 rings (SSSR count). The summed E-state index contributed by atoms with van der Waals surface area (Å²) in [6.45, 7) is 2.02. The van der Waals surface area contributed by atoms with Gasteiger partial charge in [-0.2, -0.15) is 5.26 Å². The third-order valence-corrected chi connectivity index (χ3v) is 4.48. The van der Waals surface area contributed by atoms with Gasteiger partial charge in [0.15, 0.2) is 0 Å². The number of aryl methyl sites for hydroxylation is 1. The molecule has 118 valence electrons. The van der Waals surface area contributed by atoms with Crippen LogP contribution >= 0.6 is 34.8 Å². The Labute approximate surface area is 155 Å². The zero-order valence-electron chi connectivity index (χ0n) is 12.6. The summed E-state index contributed by atoms with van der Waals surface area (Å²) in [5.41, 5.74) is 4.36. The van der Waals surface area contributed by atoms with Gasteiger partial charge in [0.25, 0.3) is 0 Å². The average molecular weight is 374 g/mol.